The molecule has 0 amide bonds. The van der Waals surface area contributed by atoms with Gasteiger partial charge in [0.15, 0.2) is 0 Å². The maximum atomic E-state index is 10.1. The van der Waals surface area contributed by atoms with Crippen molar-refractivity contribution in [1.29, 1.82) is 0 Å². The van der Waals surface area contributed by atoms with Crippen LogP contribution < -0.4 is 10.1 Å². The van der Waals surface area contributed by atoms with Crippen molar-refractivity contribution in [3.05, 3.63) is 29.8 Å². The van der Waals surface area contributed by atoms with E-state index in [1.807, 2.05) is 24.3 Å². The summed E-state index contributed by atoms with van der Waals surface area (Å²) < 4.78 is 5.14. The molecule has 1 unspecified atom stereocenters. The highest BCUT2D eigenvalue weighted by molar-refractivity contribution is 5.29. The summed E-state index contributed by atoms with van der Waals surface area (Å²) in [6.45, 7) is 4.89. The third kappa shape index (κ3) is 4.36. The van der Waals surface area contributed by atoms with E-state index in [1.165, 1.54) is 0 Å². The van der Waals surface area contributed by atoms with Crippen LogP contribution in [0.1, 0.15) is 38.4 Å². The van der Waals surface area contributed by atoms with E-state index in [4.69, 9.17) is 4.74 Å². The Labute approximate surface area is 104 Å². The molecule has 1 aromatic carbocycles. The van der Waals surface area contributed by atoms with Gasteiger partial charge in [0.1, 0.15) is 5.75 Å². The molecule has 0 heterocycles. The van der Waals surface area contributed by atoms with E-state index in [2.05, 4.69) is 19.2 Å². The van der Waals surface area contributed by atoms with Crippen LogP contribution in [-0.2, 0) is 0 Å². The lowest BCUT2D eigenvalue weighted by Gasteiger charge is -2.18. The third-order valence-electron chi connectivity index (χ3n) is 3.06. The number of ether oxygens (including phenoxy) is 1. The lowest BCUT2D eigenvalue weighted by Crippen LogP contribution is -2.31. The van der Waals surface area contributed by atoms with E-state index < -0.39 is 6.10 Å². The highest BCUT2D eigenvalue weighted by Crippen LogP contribution is 2.18. The van der Waals surface area contributed by atoms with Gasteiger partial charge < -0.3 is 15.2 Å². The van der Waals surface area contributed by atoms with Crippen LogP contribution in [0.5, 0.6) is 5.75 Å². The predicted molar refractivity (Wildman–Crippen MR) is 70.3 cm³/mol. The number of methoxy groups -OCH3 is 1. The van der Waals surface area contributed by atoms with Crippen molar-refractivity contribution in [3.8, 4) is 5.75 Å². The summed E-state index contributed by atoms with van der Waals surface area (Å²) in [5.41, 5.74) is 0.891. The van der Waals surface area contributed by atoms with Crippen molar-refractivity contribution in [2.75, 3.05) is 13.7 Å². The largest absolute Gasteiger partial charge is 0.497 e. The van der Waals surface area contributed by atoms with E-state index in [0.717, 1.165) is 24.2 Å². The average Bonchev–Trinajstić information content (AvgIpc) is 2.39. The predicted octanol–water partition coefficient (Wildman–Crippen LogP) is 2.51. The number of nitrogens with one attached hydrogen (secondary N) is 1. The molecule has 17 heavy (non-hydrogen) atoms. The highest BCUT2D eigenvalue weighted by Gasteiger charge is 2.10. The minimum Gasteiger partial charge on any atom is -0.497 e. The first-order chi connectivity index (χ1) is 8.21. The van der Waals surface area contributed by atoms with Gasteiger partial charge in [-0.1, -0.05) is 26.0 Å². The molecule has 0 bridgehead atoms. The van der Waals surface area contributed by atoms with Crippen LogP contribution in [-0.4, -0.2) is 24.8 Å². The molecule has 1 atom stereocenters. The fourth-order valence-corrected chi connectivity index (χ4v) is 1.82. The van der Waals surface area contributed by atoms with Crippen molar-refractivity contribution in [3.63, 3.8) is 0 Å². The Bertz CT molecular complexity index is 324. The third-order valence-corrected chi connectivity index (χ3v) is 3.06. The Balaban J connectivity index is 2.53. The standard InChI is InChI=1S/C14H23NO2/c1-4-12(5-2)15-10-14(16)11-7-6-8-13(9-11)17-3/h6-9,12,14-16H,4-5,10H2,1-3H3. The first kappa shape index (κ1) is 14.0. The van der Waals surface area contributed by atoms with Crippen LogP contribution in [0.3, 0.4) is 0 Å². The van der Waals surface area contributed by atoms with E-state index in [0.29, 0.717) is 12.6 Å². The first-order valence-corrected chi connectivity index (χ1v) is 6.26. The minimum atomic E-state index is -0.481. The lowest BCUT2D eigenvalue weighted by atomic mass is 10.1. The van der Waals surface area contributed by atoms with Gasteiger partial charge in [0.2, 0.25) is 0 Å². The normalized spacial score (nSPS) is 12.8. The molecular weight excluding hydrogens is 214 g/mol. The summed E-state index contributed by atoms with van der Waals surface area (Å²) in [6, 6.07) is 8.05. The number of hydrogen-bond donors (Lipinski definition) is 2. The molecule has 96 valence electrons. The fourth-order valence-electron chi connectivity index (χ4n) is 1.82. The SMILES string of the molecule is CCC(CC)NCC(O)c1cccc(OC)c1. The topological polar surface area (TPSA) is 41.5 Å². The molecule has 3 heteroatoms. The zero-order chi connectivity index (χ0) is 12.7. The number of aliphatic hydroxyl groups excluding tert-OH is 1. The average molecular weight is 237 g/mol. The van der Waals surface area contributed by atoms with Crippen LogP contribution in [0, 0.1) is 0 Å². The van der Waals surface area contributed by atoms with Gasteiger partial charge in [0.25, 0.3) is 0 Å². The minimum absolute atomic E-state index is 0.481. The molecule has 0 spiro atoms. The van der Waals surface area contributed by atoms with Crippen LogP contribution in [0.2, 0.25) is 0 Å². The van der Waals surface area contributed by atoms with Gasteiger partial charge in [-0.05, 0) is 30.5 Å². The van der Waals surface area contributed by atoms with Gasteiger partial charge in [-0.25, -0.2) is 0 Å². The van der Waals surface area contributed by atoms with E-state index in [9.17, 15) is 5.11 Å². The van der Waals surface area contributed by atoms with Gasteiger partial charge in [0.05, 0.1) is 13.2 Å². The molecule has 0 aliphatic heterocycles. The Kier molecular flexibility index (Phi) is 6.01. The summed E-state index contributed by atoms with van der Waals surface area (Å²) >= 11 is 0. The summed E-state index contributed by atoms with van der Waals surface area (Å²) in [5.74, 6) is 0.782. The van der Waals surface area contributed by atoms with Crippen molar-refractivity contribution >= 4 is 0 Å². The zero-order valence-corrected chi connectivity index (χ0v) is 10.9. The molecule has 3 nitrogen and oxygen atoms in total. The van der Waals surface area contributed by atoms with Gasteiger partial charge in [-0.3, -0.25) is 0 Å². The molecule has 0 radical (unpaired) electrons. The van der Waals surface area contributed by atoms with Gasteiger partial charge in [-0.15, -0.1) is 0 Å². The number of aliphatic hydroxyl groups is 1. The smallest absolute Gasteiger partial charge is 0.119 e. The lowest BCUT2D eigenvalue weighted by molar-refractivity contribution is 0.168. The van der Waals surface area contributed by atoms with E-state index >= 15 is 0 Å². The summed E-state index contributed by atoms with van der Waals surface area (Å²) in [7, 11) is 1.63. The molecule has 0 saturated heterocycles. The molecule has 1 aromatic rings. The maximum absolute atomic E-state index is 10.1. The second kappa shape index (κ2) is 7.30. The number of rotatable bonds is 7. The quantitative estimate of drug-likeness (QED) is 0.765. The molecular formula is C14H23NO2. The van der Waals surface area contributed by atoms with Gasteiger partial charge >= 0.3 is 0 Å². The molecule has 0 saturated carbocycles. The molecule has 0 aromatic heterocycles. The molecule has 0 fully saturated rings. The zero-order valence-electron chi connectivity index (χ0n) is 10.9. The van der Waals surface area contributed by atoms with Crippen LogP contribution in [0.25, 0.3) is 0 Å². The van der Waals surface area contributed by atoms with Crippen LogP contribution in [0.15, 0.2) is 24.3 Å². The Morgan fingerprint density at radius 1 is 1.29 bits per heavy atom. The summed E-state index contributed by atoms with van der Waals surface area (Å²) in [4.78, 5) is 0. The second-order valence-electron chi connectivity index (χ2n) is 4.21. The van der Waals surface area contributed by atoms with Crippen LogP contribution >= 0.6 is 0 Å². The van der Waals surface area contributed by atoms with Gasteiger partial charge in [-0.2, -0.15) is 0 Å². The number of benzene rings is 1. The second-order valence-corrected chi connectivity index (χ2v) is 4.21. The number of hydrogen-bond acceptors (Lipinski definition) is 3. The maximum Gasteiger partial charge on any atom is 0.119 e. The van der Waals surface area contributed by atoms with Gasteiger partial charge in [0, 0.05) is 12.6 Å². The van der Waals surface area contributed by atoms with E-state index in [1.54, 1.807) is 7.11 Å². The van der Waals surface area contributed by atoms with Crippen molar-refractivity contribution in [2.24, 2.45) is 0 Å². The van der Waals surface area contributed by atoms with Crippen molar-refractivity contribution in [2.45, 2.75) is 38.8 Å². The Morgan fingerprint density at radius 3 is 2.59 bits per heavy atom. The monoisotopic (exact) mass is 237 g/mol. The van der Waals surface area contributed by atoms with E-state index in [-0.39, 0.29) is 0 Å². The van der Waals surface area contributed by atoms with Crippen LogP contribution in [0.4, 0.5) is 0 Å². The highest BCUT2D eigenvalue weighted by atomic mass is 16.5. The summed E-state index contributed by atoms with van der Waals surface area (Å²) in [6.07, 6.45) is 1.69. The fraction of sp³-hybridized carbons (Fsp3) is 0.571. The molecule has 0 aliphatic carbocycles. The van der Waals surface area contributed by atoms with Crippen molar-refractivity contribution in [1.82, 2.24) is 5.32 Å². The first-order valence-electron chi connectivity index (χ1n) is 6.26. The van der Waals surface area contributed by atoms with Crippen molar-refractivity contribution < 1.29 is 9.84 Å². The Hall–Kier alpha value is -1.06. The molecule has 2 N–H and O–H groups in total. The Morgan fingerprint density at radius 2 is 2.00 bits per heavy atom. The molecule has 1 rings (SSSR count). The molecule has 0 aliphatic rings. The summed E-state index contributed by atoms with van der Waals surface area (Å²) in [5, 5.41) is 13.4.